The zero-order valence-corrected chi connectivity index (χ0v) is 20.8. The maximum atomic E-state index is 13.3. The second kappa shape index (κ2) is 11.4. The molecule has 9 heteroatoms. The molecule has 0 radical (unpaired) electrons. The SMILES string of the molecule is COc1cc(CNc2ccc(N3CCOCC3)c(Cl)c2)cc(Cl)c1OCc1ccc(F)cc1Cl. The lowest BCUT2D eigenvalue weighted by Gasteiger charge is -2.29. The van der Waals surface area contributed by atoms with Crippen molar-refractivity contribution in [3.8, 4) is 11.5 Å². The molecule has 0 spiro atoms. The molecule has 1 aliphatic rings. The van der Waals surface area contributed by atoms with Gasteiger partial charge in [0.05, 0.1) is 41.1 Å². The number of nitrogens with zero attached hydrogens (tertiary/aromatic N) is 1. The highest BCUT2D eigenvalue weighted by molar-refractivity contribution is 6.33. The van der Waals surface area contributed by atoms with Crippen LogP contribution in [0, 0.1) is 5.82 Å². The molecule has 5 nitrogen and oxygen atoms in total. The number of nitrogens with one attached hydrogen (secondary N) is 1. The van der Waals surface area contributed by atoms with Crippen LogP contribution < -0.4 is 19.7 Å². The molecule has 0 unspecified atom stereocenters. The molecule has 0 amide bonds. The molecule has 4 rings (SSSR count). The van der Waals surface area contributed by atoms with Crippen LogP contribution in [0.25, 0.3) is 0 Å². The summed E-state index contributed by atoms with van der Waals surface area (Å²) < 4.78 is 30.0. The van der Waals surface area contributed by atoms with E-state index in [1.165, 1.54) is 12.1 Å². The van der Waals surface area contributed by atoms with Crippen molar-refractivity contribution < 1.29 is 18.6 Å². The van der Waals surface area contributed by atoms with E-state index in [1.807, 2.05) is 30.3 Å². The first-order valence-corrected chi connectivity index (χ1v) is 11.9. The number of methoxy groups -OCH3 is 1. The van der Waals surface area contributed by atoms with Crippen LogP contribution in [-0.2, 0) is 17.9 Å². The Bertz CT molecular complexity index is 1160. The average Bonchev–Trinajstić information content (AvgIpc) is 2.83. The summed E-state index contributed by atoms with van der Waals surface area (Å²) in [5.41, 5.74) is 3.44. The van der Waals surface area contributed by atoms with E-state index in [0.717, 1.165) is 30.0 Å². The van der Waals surface area contributed by atoms with E-state index >= 15 is 0 Å². The molecule has 0 aliphatic carbocycles. The lowest BCUT2D eigenvalue weighted by molar-refractivity contribution is 0.122. The van der Waals surface area contributed by atoms with E-state index in [-0.39, 0.29) is 11.6 Å². The molecule has 3 aromatic rings. The Morgan fingerprint density at radius 1 is 0.971 bits per heavy atom. The molecule has 1 aliphatic heterocycles. The Morgan fingerprint density at radius 3 is 2.47 bits per heavy atom. The van der Waals surface area contributed by atoms with Gasteiger partial charge in [-0.3, -0.25) is 0 Å². The van der Waals surface area contributed by atoms with Gasteiger partial charge in [0, 0.05) is 30.9 Å². The van der Waals surface area contributed by atoms with Gasteiger partial charge in [-0.25, -0.2) is 4.39 Å². The summed E-state index contributed by atoms with van der Waals surface area (Å²) in [7, 11) is 1.55. The maximum absolute atomic E-state index is 13.3. The van der Waals surface area contributed by atoms with Gasteiger partial charge in [0.15, 0.2) is 11.5 Å². The molecule has 1 saturated heterocycles. The standard InChI is InChI=1S/C25H24Cl3FN2O3/c1-32-24-11-16(10-22(28)25(24)34-15-17-2-3-18(29)12-20(17)26)14-30-19-4-5-23(21(27)13-19)31-6-8-33-9-7-31/h2-5,10-13,30H,6-9,14-15H2,1H3. The number of hydrogen-bond donors (Lipinski definition) is 1. The number of halogens is 4. The quantitative estimate of drug-likeness (QED) is 0.349. The maximum Gasteiger partial charge on any atom is 0.180 e. The summed E-state index contributed by atoms with van der Waals surface area (Å²) in [6.07, 6.45) is 0. The van der Waals surface area contributed by atoms with Crippen molar-refractivity contribution in [2.45, 2.75) is 13.2 Å². The van der Waals surface area contributed by atoms with Crippen LogP contribution in [0.2, 0.25) is 15.1 Å². The molecule has 1 N–H and O–H groups in total. The van der Waals surface area contributed by atoms with Gasteiger partial charge in [0.2, 0.25) is 0 Å². The van der Waals surface area contributed by atoms with Gasteiger partial charge in [0.1, 0.15) is 12.4 Å². The summed E-state index contributed by atoms with van der Waals surface area (Å²) >= 11 is 19.1. The summed E-state index contributed by atoms with van der Waals surface area (Å²) in [5.74, 6) is 0.479. The fourth-order valence-corrected chi connectivity index (χ4v) is 4.50. The van der Waals surface area contributed by atoms with Crippen LogP contribution in [0.1, 0.15) is 11.1 Å². The highest BCUT2D eigenvalue weighted by Gasteiger charge is 2.16. The summed E-state index contributed by atoms with van der Waals surface area (Å²) in [6.45, 7) is 3.69. The van der Waals surface area contributed by atoms with E-state index < -0.39 is 5.82 Å². The van der Waals surface area contributed by atoms with Gasteiger partial charge >= 0.3 is 0 Å². The molecule has 34 heavy (non-hydrogen) atoms. The lowest BCUT2D eigenvalue weighted by atomic mass is 10.1. The van der Waals surface area contributed by atoms with Gasteiger partial charge in [-0.1, -0.05) is 40.9 Å². The number of hydrogen-bond acceptors (Lipinski definition) is 5. The molecule has 0 aromatic heterocycles. The second-order valence-corrected chi connectivity index (χ2v) is 8.97. The van der Waals surface area contributed by atoms with E-state index in [0.29, 0.717) is 46.9 Å². The van der Waals surface area contributed by atoms with Gasteiger partial charge in [-0.2, -0.15) is 0 Å². The van der Waals surface area contributed by atoms with Gasteiger partial charge < -0.3 is 24.4 Å². The molecule has 180 valence electrons. The third kappa shape index (κ3) is 5.99. The van der Waals surface area contributed by atoms with Crippen molar-refractivity contribution in [1.82, 2.24) is 0 Å². The monoisotopic (exact) mass is 524 g/mol. The van der Waals surface area contributed by atoms with Crippen LogP contribution in [0.4, 0.5) is 15.8 Å². The average molecular weight is 526 g/mol. The first-order valence-electron chi connectivity index (χ1n) is 10.7. The highest BCUT2D eigenvalue weighted by atomic mass is 35.5. The number of morpholine rings is 1. The minimum Gasteiger partial charge on any atom is -0.493 e. The smallest absolute Gasteiger partial charge is 0.180 e. The van der Waals surface area contributed by atoms with Crippen molar-refractivity contribution in [3.05, 3.63) is 80.5 Å². The fourth-order valence-electron chi connectivity index (χ4n) is 3.69. The third-order valence-electron chi connectivity index (χ3n) is 5.47. The fraction of sp³-hybridized carbons (Fsp3) is 0.280. The highest BCUT2D eigenvalue weighted by Crippen LogP contribution is 2.38. The minimum atomic E-state index is -0.404. The Hall–Kier alpha value is -2.38. The Kier molecular flexibility index (Phi) is 8.27. The Balaban J connectivity index is 1.42. The predicted molar refractivity (Wildman–Crippen MR) is 136 cm³/mol. The van der Waals surface area contributed by atoms with Crippen LogP contribution in [0.3, 0.4) is 0 Å². The number of ether oxygens (including phenoxy) is 3. The Labute approximate surface area is 213 Å². The summed E-state index contributed by atoms with van der Waals surface area (Å²) in [6, 6.07) is 13.7. The van der Waals surface area contributed by atoms with Crippen molar-refractivity contribution in [3.63, 3.8) is 0 Å². The molecule has 0 saturated carbocycles. The number of anilines is 2. The van der Waals surface area contributed by atoms with E-state index in [2.05, 4.69) is 10.2 Å². The first kappa shape index (κ1) is 24.7. The van der Waals surface area contributed by atoms with E-state index in [4.69, 9.17) is 49.0 Å². The molecule has 1 heterocycles. The van der Waals surface area contributed by atoms with Crippen molar-refractivity contribution >= 4 is 46.2 Å². The lowest BCUT2D eigenvalue weighted by Crippen LogP contribution is -2.36. The zero-order chi connectivity index (χ0) is 24.1. The Morgan fingerprint density at radius 2 is 1.76 bits per heavy atom. The van der Waals surface area contributed by atoms with Crippen molar-refractivity contribution in [2.75, 3.05) is 43.6 Å². The molecular formula is C25H24Cl3FN2O3. The number of benzene rings is 3. The van der Waals surface area contributed by atoms with Crippen LogP contribution in [-0.4, -0.2) is 33.4 Å². The van der Waals surface area contributed by atoms with Crippen LogP contribution in [0.15, 0.2) is 48.5 Å². The van der Waals surface area contributed by atoms with Gasteiger partial charge in [-0.05, 0) is 48.0 Å². The minimum absolute atomic E-state index is 0.126. The van der Waals surface area contributed by atoms with E-state index in [1.54, 1.807) is 13.2 Å². The molecular weight excluding hydrogens is 502 g/mol. The third-order valence-corrected chi connectivity index (χ3v) is 6.41. The zero-order valence-electron chi connectivity index (χ0n) is 18.5. The molecule has 1 fully saturated rings. The van der Waals surface area contributed by atoms with Gasteiger partial charge in [-0.15, -0.1) is 0 Å². The molecule has 0 atom stereocenters. The molecule has 3 aromatic carbocycles. The van der Waals surface area contributed by atoms with Crippen molar-refractivity contribution in [2.24, 2.45) is 0 Å². The van der Waals surface area contributed by atoms with Gasteiger partial charge in [0.25, 0.3) is 0 Å². The predicted octanol–water partition coefficient (Wildman–Crippen LogP) is 6.82. The molecule has 0 bridgehead atoms. The normalized spacial score (nSPS) is 13.6. The first-order chi connectivity index (χ1) is 16.4. The van der Waals surface area contributed by atoms with Crippen molar-refractivity contribution in [1.29, 1.82) is 0 Å². The number of rotatable bonds is 8. The second-order valence-electron chi connectivity index (χ2n) is 7.75. The largest absolute Gasteiger partial charge is 0.493 e. The topological polar surface area (TPSA) is 43.0 Å². The van der Waals surface area contributed by atoms with Crippen LogP contribution in [0.5, 0.6) is 11.5 Å². The van der Waals surface area contributed by atoms with E-state index in [9.17, 15) is 4.39 Å². The summed E-state index contributed by atoms with van der Waals surface area (Å²) in [5, 5.41) is 4.74. The van der Waals surface area contributed by atoms with Crippen LogP contribution >= 0.6 is 34.8 Å². The summed E-state index contributed by atoms with van der Waals surface area (Å²) in [4.78, 5) is 2.22.